The summed E-state index contributed by atoms with van der Waals surface area (Å²) in [7, 11) is 2.08. The van der Waals surface area contributed by atoms with E-state index in [9.17, 15) is 0 Å². The van der Waals surface area contributed by atoms with Crippen LogP contribution in [-0.2, 0) is 13.0 Å². The minimum Gasteiger partial charge on any atom is -0.347 e. The number of aromatic nitrogens is 1. The zero-order valence-electron chi connectivity index (χ0n) is 10.7. The molecule has 0 amide bonds. The van der Waals surface area contributed by atoms with Gasteiger partial charge < -0.3 is 4.90 Å². The minimum atomic E-state index is 0.630. The predicted molar refractivity (Wildman–Crippen MR) is 79.8 cm³/mol. The summed E-state index contributed by atoms with van der Waals surface area (Å²) in [6.45, 7) is 3.00. The SMILES string of the molecule is Cc1cccc(CN(C)c2nc(CCCl)cs2)c1. The molecule has 0 saturated heterocycles. The molecule has 2 nitrogen and oxygen atoms in total. The Morgan fingerprint density at radius 2 is 2.22 bits per heavy atom. The topological polar surface area (TPSA) is 16.1 Å². The third kappa shape index (κ3) is 3.47. The molecule has 96 valence electrons. The highest BCUT2D eigenvalue weighted by atomic mass is 35.5. The van der Waals surface area contributed by atoms with Gasteiger partial charge in [-0.1, -0.05) is 29.8 Å². The number of thiazole rings is 1. The summed E-state index contributed by atoms with van der Waals surface area (Å²) in [4.78, 5) is 6.76. The first-order valence-electron chi connectivity index (χ1n) is 5.96. The third-order valence-electron chi connectivity index (χ3n) is 2.72. The fraction of sp³-hybridized carbons (Fsp3) is 0.357. The second-order valence-electron chi connectivity index (χ2n) is 4.41. The van der Waals surface area contributed by atoms with Gasteiger partial charge in [-0.25, -0.2) is 4.98 Å². The number of hydrogen-bond donors (Lipinski definition) is 0. The van der Waals surface area contributed by atoms with Crippen molar-refractivity contribution in [1.29, 1.82) is 0 Å². The Kier molecular flexibility index (Phi) is 4.61. The van der Waals surface area contributed by atoms with Crippen molar-refractivity contribution in [2.45, 2.75) is 19.9 Å². The Labute approximate surface area is 117 Å². The molecule has 0 N–H and O–H groups in total. The highest BCUT2D eigenvalue weighted by Crippen LogP contribution is 2.21. The second-order valence-corrected chi connectivity index (χ2v) is 5.62. The molecule has 18 heavy (non-hydrogen) atoms. The molecule has 0 spiro atoms. The summed E-state index contributed by atoms with van der Waals surface area (Å²) >= 11 is 7.40. The van der Waals surface area contributed by atoms with Gasteiger partial charge in [-0.3, -0.25) is 0 Å². The Balaban J connectivity index is 2.04. The van der Waals surface area contributed by atoms with Gasteiger partial charge in [0, 0.05) is 31.3 Å². The maximum atomic E-state index is 5.72. The van der Waals surface area contributed by atoms with Crippen LogP contribution in [0.5, 0.6) is 0 Å². The van der Waals surface area contributed by atoms with Crippen molar-refractivity contribution in [3.8, 4) is 0 Å². The summed E-state index contributed by atoms with van der Waals surface area (Å²) in [6.07, 6.45) is 0.844. The summed E-state index contributed by atoms with van der Waals surface area (Å²) < 4.78 is 0. The molecule has 1 heterocycles. The average molecular weight is 281 g/mol. The Morgan fingerprint density at radius 3 is 2.94 bits per heavy atom. The van der Waals surface area contributed by atoms with Crippen molar-refractivity contribution in [1.82, 2.24) is 4.98 Å². The Morgan fingerprint density at radius 1 is 1.39 bits per heavy atom. The van der Waals surface area contributed by atoms with Crippen LogP contribution < -0.4 is 4.90 Å². The molecule has 2 aromatic rings. The molecule has 0 bridgehead atoms. The number of nitrogens with zero attached hydrogens (tertiary/aromatic N) is 2. The Bertz CT molecular complexity index is 510. The molecule has 0 aliphatic heterocycles. The number of rotatable bonds is 5. The van der Waals surface area contributed by atoms with Crippen LogP contribution in [-0.4, -0.2) is 17.9 Å². The fourth-order valence-corrected chi connectivity index (χ4v) is 2.86. The van der Waals surface area contributed by atoms with Gasteiger partial charge in [-0.15, -0.1) is 22.9 Å². The van der Waals surface area contributed by atoms with Crippen molar-refractivity contribution in [3.05, 3.63) is 46.5 Å². The van der Waals surface area contributed by atoms with Crippen LogP contribution in [0.4, 0.5) is 5.13 Å². The Hall–Kier alpha value is -1.06. The first-order chi connectivity index (χ1) is 8.69. The van der Waals surface area contributed by atoms with Crippen LogP contribution in [0.25, 0.3) is 0 Å². The highest BCUT2D eigenvalue weighted by molar-refractivity contribution is 7.13. The van der Waals surface area contributed by atoms with Gasteiger partial charge in [-0.2, -0.15) is 0 Å². The van der Waals surface area contributed by atoms with E-state index < -0.39 is 0 Å². The number of anilines is 1. The van der Waals surface area contributed by atoms with Gasteiger partial charge in [0.1, 0.15) is 0 Å². The average Bonchev–Trinajstić information content (AvgIpc) is 2.78. The quantitative estimate of drug-likeness (QED) is 0.773. The van der Waals surface area contributed by atoms with Crippen LogP contribution in [0.1, 0.15) is 16.8 Å². The molecule has 0 aliphatic carbocycles. The molecule has 2 rings (SSSR count). The summed E-state index contributed by atoms with van der Waals surface area (Å²) in [6, 6.07) is 8.57. The molecule has 0 unspecified atom stereocenters. The lowest BCUT2D eigenvalue weighted by molar-refractivity contribution is 0.903. The van der Waals surface area contributed by atoms with Gasteiger partial charge in [0.05, 0.1) is 5.69 Å². The van der Waals surface area contributed by atoms with Crippen LogP contribution in [0.15, 0.2) is 29.6 Å². The first kappa shape index (κ1) is 13.4. The van der Waals surface area contributed by atoms with Crippen LogP contribution in [0.2, 0.25) is 0 Å². The standard InChI is InChI=1S/C14H17ClN2S/c1-11-4-3-5-12(8-11)9-17(2)14-16-13(6-7-15)10-18-14/h3-5,8,10H,6-7,9H2,1-2H3. The molecule has 0 saturated carbocycles. The van der Waals surface area contributed by atoms with E-state index in [0.29, 0.717) is 5.88 Å². The smallest absolute Gasteiger partial charge is 0.185 e. The minimum absolute atomic E-state index is 0.630. The van der Waals surface area contributed by atoms with Crippen LogP contribution in [0.3, 0.4) is 0 Å². The van der Waals surface area contributed by atoms with E-state index in [2.05, 4.69) is 53.5 Å². The van der Waals surface area contributed by atoms with Crippen molar-refractivity contribution >= 4 is 28.1 Å². The molecule has 4 heteroatoms. The third-order valence-corrected chi connectivity index (χ3v) is 3.91. The van der Waals surface area contributed by atoms with E-state index in [-0.39, 0.29) is 0 Å². The number of benzene rings is 1. The van der Waals surface area contributed by atoms with Crippen molar-refractivity contribution in [3.63, 3.8) is 0 Å². The second kappa shape index (κ2) is 6.21. The van der Waals surface area contributed by atoms with E-state index in [4.69, 9.17) is 11.6 Å². The van der Waals surface area contributed by atoms with Crippen molar-refractivity contribution in [2.75, 3.05) is 17.8 Å². The summed E-state index contributed by atoms with van der Waals surface area (Å²) in [5, 5.41) is 3.14. The molecular weight excluding hydrogens is 264 g/mol. The van der Waals surface area contributed by atoms with Gasteiger partial charge >= 0.3 is 0 Å². The molecule has 1 aromatic carbocycles. The van der Waals surface area contributed by atoms with Crippen LogP contribution >= 0.6 is 22.9 Å². The molecule has 0 aliphatic rings. The fourth-order valence-electron chi connectivity index (χ4n) is 1.84. The van der Waals surface area contributed by atoms with E-state index in [1.165, 1.54) is 11.1 Å². The normalized spacial score (nSPS) is 10.6. The number of alkyl halides is 1. The zero-order chi connectivity index (χ0) is 13.0. The van der Waals surface area contributed by atoms with E-state index >= 15 is 0 Å². The maximum Gasteiger partial charge on any atom is 0.185 e. The van der Waals surface area contributed by atoms with Gasteiger partial charge in [0.25, 0.3) is 0 Å². The van der Waals surface area contributed by atoms with E-state index in [1.807, 2.05) is 0 Å². The number of aryl methyl sites for hydroxylation is 2. The molecule has 0 atom stereocenters. The van der Waals surface area contributed by atoms with Crippen molar-refractivity contribution < 1.29 is 0 Å². The monoisotopic (exact) mass is 280 g/mol. The van der Waals surface area contributed by atoms with Crippen molar-refractivity contribution in [2.24, 2.45) is 0 Å². The first-order valence-corrected chi connectivity index (χ1v) is 7.37. The summed E-state index contributed by atoms with van der Waals surface area (Å²) in [5.74, 6) is 0.630. The van der Waals surface area contributed by atoms with E-state index in [0.717, 1.165) is 23.8 Å². The molecule has 1 aromatic heterocycles. The number of hydrogen-bond acceptors (Lipinski definition) is 3. The predicted octanol–water partition coefficient (Wildman–Crippen LogP) is 3.87. The summed E-state index contributed by atoms with van der Waals surface area (Å²) in [5.41, 5.74) is 3.69. The van der Waals surface area contributed by atoms with Gasteiger partial charge in [-0.05, 0) is 12.5 Å². The van der Waals surface area contributed by atoms with Gasteiger partial charge in [0.2, 0.25) is 0 Å². The lowest BCUT2D eigenvalue weighted by Gasteiger charge is -2.16. The van der Waals surface area contributed by atoms with E-state index in [1.54, 1.807) is 11.3 Å². The number of halogens is 1. The zero-order valence-corrected chi connectivity index (χ0v) is 12.3. The van der Waals surface area contributed by atoms with Crippen LogP contribution in [0, 0.1) is 6.92 Å². The maximum absolute atomic E-state index is 5.72. The molecule has 0 fully saturated rings. The lowest BCUT2D eigenvalue weighted by Crippen LogP contribution is -2.16. The molecule has 0 radical (unpaired) electrons. The van der Waals surface area contributed by atoms with Gasteiger partial charge in [0.15, 0.2) is 5.13 Å². The largest absolute Gasteiger partial charge is 0.347 e. The lowest BCUT2D eigenvalue weighted by atomic mass is 10.1. The highest BCUT2D eigenvalue weighted by Gasteiger charge is 2.07. The molecular formula is C14H17ClN2S.